The molecule has 0 radical (unpaired) electrons. The highest BCUT2D eigenvalue weighted by atomic mass is 32.1. The van der Waals surface area contributed by atoms with Crippen molar-refractivity contribution in [1.29, 1.82) is 0 Å². The van der Waals surface area contributed by atoms with Crippen molar-refractivity contribution in [2.45, 2.75) is 44.6 Å². The molecule has 1 saturated carbocycles. The first-order valence-electron chi connectivity index (χ1n) is 8.36. The second-order valence-electron chi connectivity index (χ2n) is 6.37. The zero-order valence-corrected chi connectivity index (χ0v) is 13.8. The van der Waals surface area contributed by atoms with Gasteiger partial charge in [-0.15, -0.1) is 11.3 Å². The van der Waals surface area contributed by atoms with Gasteiger partial charge in [0, 0.05) is 25.0 Å². The molecule has 1 aliphatic carbocycles. The van der Waals surface area contributed by atoms with Crippen LogP contribution in [0.4, 0.5) is 0 Å². The molecule has 0 aromatic carbocycles. The van der Waals surface area contributed by atoms with E-state index >= 15 is 0 Å². The van der Waals surface area contributed by atoms with Crippen molar-refractivity contribution >= 4 is 17.2 Å². The summed E-state index contributed by atoms with van der Waals surface area (Å²) in [5.74, 6) is 0.848. The van der Waals surface area contributed by atoms with Gasteiger partial charge in [-0.1, -0.05) is 12.8 Å². The van der Waals surface area contributed by atoms with Crippen LogP contribution in [0.2, 0.25) is 0 Å². The fourth-order valence-corrected chi connectivity index (χ4v) is 4.75. The average Bonchev–Trinajstić information content (AvgIpc) is 3.34. The van der Waals surface area contributed by atoms with Gasteiger partial charge in [0.15, 0.2) is 0 Å². The molecule has 1 saturated heterocycles. The number of nitrogens with zero attached hydrogens (tertiary/aromatic N) is 4. The molecule has 4 rings (SSSR count). The quantitative estimate of drug-likeness (QED) is 0.866. The molecule has 23 heavy (non-hydrogen) atoms. The first kappa shape index (κ1) is 14.8. The molecule has 1 atom stereocenters. The Morgan fingerprint density at radius 2 is 1.96 bits per heavy atom. The molecule has 3 heterocycles. The third kappa shape index (κ3) is 2.87. The molecule has 1 amide bonds. The maximum Gasteiger partial charge on any atom is 0.265 e. The van der Waals surface area contributed by atoms with Crippen LogP contribution < -0.4 is 0 Å². The SMILES string of the molecule is O=C(c1cnc(-c2cnccn2)s1)N1CCCC1C1CCCC1. The molecule has 0 N–H and O–H groups in total. The van der Waals surface area contributed by atoms with Crippen LogP contribution in [0.1, 0.15) is 48.2 Å². The van der Waals surface area contributed by atoms with E-state index in [0.717, 1.165) is 35.0 Å². The molecule has 2 aliphatic rings. The number of carbonyl (C=O) groups excluding carboxylic acids is 1. The lowest BCUT2D eigenvalue weighted by Gasteiger charge is -2.29. The smallest absolute Gasteiger partial charge is 0.265 e. The van der Waals surface area contributed by atoms with Crippen molar-refractivity contribution in [3.63, 3.8) is 0 Å². The van der Waals surface area contributed by atoms with E-state index in [2.05, 4.69) is 19.9 Å². The van der Waals surface area contributed by atoms with Crippen molar-refractivity contribution in [3.05, 3.63) is 29.7 Å². The molecular weight excluding hydrogens is 308 g/mol. The van der Waals surface area contributed by atoms with Gasteiger partial charge in [0.2, 0.25) is 0 Å². The highest BCUT2D eigenvalue weighted by molar-refractivity contribution is 7.16. The Hall–Kier alpha value is -1.82. The second-order valence-corrected chi connectivity index (χ2v) is 7.40. The van der Waals surface area contributed by atoms with Crippen LogP contribution in [0.3, 0.4) is 0 Å². The van der Waals surface area contributed by atoms with Gasteiger partial charge in [0.1, 0.15) is 15.6 Å². The molecule has 1 unspecified atom stereocenters. The molecular formula is C17H20N4OS. The maximum absolute atomic E-state index is 12.9. The summed E-state index contributed by atoms with van der Waals surface area (Å²) >= 11 is 1.42. The molecule has 0 bridgehead atoms. The third-order valence-electron chi connectivity index (χ3n) is 5.00. The predicted octanol–water partition coefficient (Wildman–Crippen LogP) is 3.39. The summed E-state index contributed by atoms with van der Waals surface area (Å²) in [6.07, 6.45) is 14.2. The number of likely N-dealkylation sites (tertiary alicyclic amines) is 1. The van der Waals surface area contributed by atoms with Crippen LogP contribution in [-0.2, 0) is 0 Å². The lowest BCUT2D eigenvalue weighted by atomic mass is 9.96. The van der Waals surface area contributed by atoms with E-state index in [1.165, 1.54) is 37.0 Å². The number of aromatic nitrogens is 3. The van der Waals surface area contributed by atoms with Crippen LogP contribution >= 0.6 is 11.3 Å². The highest BCUT2D eigenvalue weighted by Crippen LogP contribution is 2.36. The molecule has 6 heteroatoms. The van der Waals surface area contributed by atoms with Crippen LogP contribution in [-0.4, -0.2) is 38.3 Å². The van der Waals surface area contributed by atoms with Crippen LogP contribution in [0.15, 0.2) is 24.8 Å². The first-order chi connectivity index (χ1) is 11.3. The minimum Gasteiger partial charge on any atom is -0.335 e. The van der Waals surface area contributed by atoms with Crippen molar-refractivity contribution in [2.24, 2.45) is 5.92 Å². The topological polar surface area (TPSA) is 59.0 Å². The number of amides is 1. The lowest BCUT2D eigenvalue weighted by molar-refractivity contribution is 0.0694. The van der Waals surface area contributed by atoms with Crippen LogP contribution in [0.5, 0.6) is 0 Å². The Morgan fingerprint density at radius 3 is 2.74 bits per heavy atom. The van der Waals surface area contributed by atoms with Crippen molar-refractivity contribution in [3.8, 4) is 10.7 Å². The van der Waals surface area contributed by atoms with E-state index in [1.54, 1.807) is 24.8 Å². The van der Waals surface area contributed by atoms with Gasteiger partial charge in [-0.3, -0.25) is 14.8 Å². The Morgan fingerprint density at radius 1 is 1.09 bits per heavy atom. The summed E-state index contributed by atoms with van der Waals surface area (Å²) in [7, 11) is 0. The summed E-state index contributed by atoms with van der Waals surface area (Å²) in [4.78, 5) is 28.4. The van der Waals surface area contributed by atoms with Crippen molar-refractivity contribution < 1.29 is 4.79 Å². The summed E-state index contributed by atoms with van der Waals surface area (Å²) in [5.41, 5.74) is 0.727. The number of hydrogen-bond acceptors (Lipinski definition) is 5. The molecule has 5 nitrogen and oxygen atoms in total. The Bertz CT molecular complexity index is 681. The van der Waals surface area contributed by atoms with E-state index in [-0.39, 0.29) is 5.91 Å². The van der Waals surface area contributed by atoms with E-state index in [9.17, 15) is 4.79 Å². The summed E-state index contributed by atoms with van der Waals surface area (Å²) in [6, 6.07) is 0.437. The third-order valence-corrected chi connectivity index (χ3v) is 6.01. The van der Waals surface area contributed by atoms with Crippen LogP contribution in [0.25, 0.3) is 10.7 Å². The fourth-order valence-electron chi connectivity index (χ4n) is 3.92. The highest BCUT2D eigenvalue weighted by Gasteiger charge is 2.36. The molecule has 2 aromatic rings. The lowest BCUT2D eigenvalue weighted by Crippen LogP contribution is -2.39. The minimum atomic E-state index is 0.145. The monoisotopic (exact) mass is 328 g/mol. The molecule has 0 spiro atoms. The zero-order chi connectivity index (χ0) is 15.6. The van der Waals surface area contributed by atoms with Gasteiger partial charge in [-0.05, 0) is 31.6 Å². The Kier molecular flexibility index (Phi) is 4.08. The second kappa shape index (κ2) is 6.35. The van der Waals surface area contributed by atoms with Gasteiger partial charge < -0.3 is 4.90 Å². The van der Waals surface area contributed by atoms with Gasteiger partial charge in [0.05, 0.1) is 12.4 Å². The van der Waals surface area contributed by atoms with Crippen molar-refractivity contribution in [1.82, 2.24) is 19.9 Å². The van der Waals surface area contributed by atoms with E-state index in [4.69, 9.17) is 0 Å². The van der Waals surface area contributed by atoms with Crippen molar-refractivity contribution in [2.75, 3.05) is 6.54 Å². The summed E-state index contributed by atoms with van der Waals surface area (Å²) in [6.45, 7) is 0.887. The number of hydrogen-bond donors (Lipinski definition) is 0. The predicted molar refractivity (Wildman–Crippen MR) is 89.2 cm³/mol. The summed E-state index contributed by atoms with van der Waals surface area (Å²) < 4.78 is 0. The van der Waals surface area contributed by atoms with Crippen LogP contribution in [0, 0.1) is 5.92 Å². The molecule has 2 fully saturated rings. The number of rotatable bonds is 3. The number of thiazole rings is 1. The largest absolute Gasteiger partial charge is 0.335 e. The van der Waals surface area contributed by atoms with Gasteiger partial charge in [-0.25, -0.2) is 4.98 Å². The molecule has 120 valence electrons. The van der Waals surface area contributed by atoms with Gasteiger partial charge in [0.25, 0.3) is 5.91 Å². The van der Waals surface area contributed by atoms with E-state index in [0.29, 0.717) is 12.0 Å². The van der Waals surface area contributed by atoms with E-state index in [1.807, 2.05) is 0 Å². The maximum atomic E-state index is 12.9. The van der Waals surface area contributed by atoms with Gasteiger partial charge in [-0.2, -0.15) is 0 Å². The summed E-state index contributed by atoms with van der Waals surface area (Å²) in [5, 5.41) is 0.762. The normalized spacial score (nSPS) is 21.9. The molecule has 2 aromatic heterocycles. The Balaban J connectivity index is 1.53. The Labute approximate surface area is 139 Å². The van der Waals surface area contributed by atoms with Gasteiger partial charge >= 0.3 is 0 Å². The standard InChI is InChI=1S/C17H20N4OS/c22-17(21-9-3-6-14(21)12-4-1-2-5-12)15-11-20-16(23-15)13-10-18-7-8-19-13/h7-8,10-12,14H,1-6,9H2. The zero-order valence-electron chi connectivity index (χ0n) is 13.0. The number of carbonyl (C=O) groups is 1. The van der Waals surface area contributed by atoms with E-state index < -0.39 is 0 Å². The minimum absolute atomic E-state index is 0.145. The first-order valence-corrected chi connectivity index (χ1v) is 9.18. The molecule has 1 aliphatic heterocycles. The fraction of sp³-hybridized carbons (Fsp3) is 0.529. The average molecular weight is 328 g/mol.